The third kappa shape index (κ3) is 3.13. The van der Waals surface area contributed by atoms with Gasteiger partial charge in [-0.2, -0.15) is 4.99 Å². The van der Waals surface area contributed by atoms with Gasteiger partial charge in [-0.05, 0) is 43.3 Å². The highest BCUT2D eigenvalue weighted by molar-refractivity contribution is 7.07. The molecule has 0 bridgehead atoms. The van der Waals surface area contributed by atoms with Crippen LogP contribution < -0.4 is 10.4 Å². The van der Waals surface area contributed by atoms with Crippen molar-refractivity contribution in [1.29, 1.82) is 0 Å². The Labute approximate surface area is 158 Å². The van der Waals surface area contributed by atoms with E-state index in [1.54, 1.807) is 46.4 Å². The zero-order valence-corrected chi connectivity index (χ0v) is 15.6. The fraction of sp³-hybridized carbons (Fsp3) is 0.100. The number of aryl methyl sites for hydroxylation is 2. The van der Waals surface area contributed by atoms with Gasteiger partial charge in [0.25, 0.3) is 11.5 Å². The maximum atomic E-state index is 12.9. The molecule has 1 amide bonds. The van der Waals surface area contributed by atoms with Gasteiger partial charge in [0.1, 0.15) is 5.82 Å². The van der Waals surface area contributed by atoms with Crippen LogP contribution in [0.25, 0.3) is 16.6 Å². The lowest BCUT2D eigenvalue weighted by Gasteiger charge is -2.11. The van der Waals surface area contributed by atoms with Crippen LogP contribution in [-0.2, 0) is 7.05 Å². The summed E-state index contributed by atoms with van der Waals surface area (Å²) in [7, 11) is 1.84. The number of benzene rings is 2. The van der Waals surface area contributed by atoms with Gasteiger partial charge in [-0.25, -0.2) is 4.98 Å². The minimum atomic E-state index is -0.319. The number of aromatic nitrogens is 3. The summed E-state index contributed by atoms with van der Waals surface area (Å²) in [5.74, 6) is 0.272. The van der Waals surface area contributed by atoms with Crippen molar-refractivity contribution in [3.8, 4) is 5.69 Å². The van der Waals surface area contributed by atoms with E-state index in [4.69, 9.17) is 0 Å². The van der Waals surface area contributed by atoms with E-state index in [-0.39, 0.29) is 11.5 Å². The Morgan fingerprint density at radius 1 is 1.11 bits per heavy atom. The Bertz CT molecular complexity index is 1280. The molecule has 0 aliphatic rings. The van der Waals surface area contributed by atoms with E-state index < -0.39 is 0 Å². The molecule has 2 aromatic heterocycles. The first-order valence-electron chi connectivity index (χ1n) is 8.32. The zero-order valence-electron chi connectivity index (χ0n) is 14.8. The third-order valence-electron chi connectivity index (χ3n) is 4.27. The molecule has 0 fully saturated rings. The van der Waals surface area contributed by atoms with Gasteiger partial charge in [-0.1, -0.05) is 12.1 Å². The number of hydrogen-bond acceptors (Lipinski definition) is 4. The molecule has 4 rings (SSSR count). The molecule has 7 heteroatoms. The molecule has 134 valence electrons. The van der Waals surface area contributed by atoms with Crippen LogP contribution >= 0.6 is 11.3 Å². The second kappa shape index (κ2) is 6.77. The SMILES string of the molecule is Cc1nc2ccccc2c(=O)n1-c1ccc(C(=O)N=c2sccn2C)cc1. The molecule has 0 aliphatic heterocycles. The van der Waals surface area contributed by atoms with Crippen LogP contribution in [0.4, 0.5) is 0 Å². The van der Waals surface area contributed by atoms with Crippen molar-refractivity contribution in [2.75, 3.05) is 0 Å². The van der Waals surface area contributed by atoms with Crippen molar-refractivity contribution < 1.29 is 4.79 Å². The van der Waals surface area contributed by atoms with E-state index in [1.165, 1.54) is 11.3 Å². The highest BCUT2D eigenvalue weighted by Crippen LogP contribution is 2.14. The molecule has 0 unspecified atom stereocenters. The van der Waals surface area contributed by atoms with Gasteiger partial charge in [-0.15, -0.1) is 11.3 Å². The highest BCUT2D eigenvalue weighted by atomic mass is 32.1. The van der Waals surface area contributed by atoms with Gasteiger partial charge in [0.2, 0.25) is 0 Å². The number of carbonyl (C=O) groups excluding carboxylic acids is 1. The molecule has 0 saturated carbocycles. The molecule has 6 nitrogen and oxygen atoms in total. The van der Waals surface area contributed by atoms with Crippen LogP contribution in [0.3, 0.4) is 0 Å². The molecule has 0 spiro atoms. The topological polar surface area (TPSA) is 69.2 Å². The monoisotopic (exact) mass is 376 g/mol. The summed E-state index contributed by atoms with van der Waals surface area (Å²) in [6.45, 7) is 1.79. The summed E-state index contributed by atoms with van der Waals surface area (Å²) in [4.78, 5) is 34.5. The number of hydrogen-bond donors (Lipinski definition) is 0. The fourth-order valence-electron chi connectivity index (χ4n) is 2.89. The lowest BCUT2D eigenvalue weighted by Crippen LogP contribution is -2.22. The Balaban J connectivity index is 1.75. The Morgan fingerprint density at radius 3 is 2.56 bits per heavy atom. The first-order valence-corrected chi connectivity index (χ1v) is 9.20. The summed E-state index contributed by atoms with van der Waals surface area (Å²) < 4.78 is 3.34. The number of para-hydroxylation sites is 1. The number of carbonyl (C=O) groups is 1. The standard InChI is InChI=1S/C20H16N4O2S/c1-13-21-17-6-4-3-5-16(17)19(26)24(13)15-9-7-14(8-10-15)18(25)22-20-23(2)11-12-27-20/h3-12H,1-2H3. The first-order chi connectivity index (χ1) is 13.0. The zero-order chi connectivity index (χ0) is 19.0. The summed E-state index contributed by atoms with van der Waals surface area (Å²) in [6, 6.07) is 14.1. The number of fused-ring (bicyclic) bond motifs is 1. The predicted octanol–water partition coefficient (Wildman–Crippen LogP) is 2.84. The van der Waals surface area contributed by atoms with Crippen LogP contribution in [0.5, 0.6) is 0 Å². The Hall–Kier alpha value is -3.32. The van der Waals surface area contributed by atoms with Crippen molar-refractivity contribution in [1.82, 2.24) is 14.1 Å². The number of amides is 1. The van der Waals surface area contributed by atoms with E-state index in [2.05, 4.69) is 9.98 Å². The van der Waals surface area contributed by atoms with Crippen molar-refractivity contribution in [3.63, 3.8) is 0 Å². The van der Waals surface area contributed by atoms with E-state index >= 15 is 0 Å². The molecule has 0 radical (unpaired) electrons. The highest BCUT2D eigenvalue weighted by Gasteiger charge is 2.11. The minimum Gasteiger partial charge on any atom is -0.327 e. The fourth-order valence-corrected chi connectivity index (χ4v) is 3.61. The number of nitrogens with zero attached hydrogens (tertiary/aromatic N) is 4. The molecule has 0 aliphatic carbocycles. The van der Waals surface area contributed by atoms with Gasteiger partial charge in [-0.3, -0.25) is 14.2 Å². The normalized spacial score (nSPS) is 11.9. The van der Waals surface area contributed by atoms with E-state index in [1.807, 2.05) is 36.8 Å². The summed E-state index contributed by atoms with van der Waals surface area (Å²) >= 11 is 1.40. The quantitative estimate of drug-likeness (QED) is 0.540. The number of thiazole rings is 1. The maximum absolute atomic E-state index is 12.9. The molecule has 27 heavy (non-hydrogen) atoms. The summed E-state index contributed by atoms with van der Waals surface area (Å²) in [5, 5.41) is 2.43. The molecular formula is C20H16N4O2S. The Kier molecular flexibility index (Phi) is 4.29. The minimum absolute atomic E-state index is 0.132. The van der Waals surface area contributed by atoms with Crippen LogP contribution in [-0.4, -0.2) is 20.0 Å². The lowest BCUT2D eigenvalue weighted by molar-refractivity contribution is 0.0998. The van der Waals surface area contributed by atoms with Crippen LogP contribution in [0.15, 0.2) is 69.9 Å². The molecule has 0 atom stereocenters. The smallest absolute Gasteiger partial charge is 0.279 e. The van der Waals surface area contributed by atoms with Gasteiger partial charge in [0.05, 0.1) is 16.6 Å². The largest absolute Gasteiger partial charge is 0.327 e. The average molecular weight is 376 g/mol. The molecule has 0 saturated heterocycles. The molecular weight excluding hydrogens is 360 g/mol. The van der Waals surface area contributed by atoms with Crippen molar-refractivity contribution in [2.24, 2.45) is 12.0 Å². The molecule has 0 N–H and O–H groups in total. The Morgan fingerprint density at radius 2 is 1.85 bits per heavy atom. The van der Waals surface area contributed by atoms with E-state index in [0.717, 1.165) is 0 Å². The van der Waals surface area contributed by atoms with Gasteiger partial charge in [0, 0.05) is 24.2 Å². The van der Waals surface area contributed by atoms with Crippen LogP contribution in [0, 0.1) is 6.92 Å². The van der Waals surface area contributed by atoms with Crippen molar-refractivity contribution in [2.45, 2.75) is 6.92 Å². The lowest BCUT2D eigenvalue weighted by atomic mass is 10.2. The number of rotatable bonds is 2. The second-order valence-corrected chi connectivity index (χ2v) is 6.95. The molecule has 4 aromatic rings. The van der Waals surface area contributed by atoms with Gasteiger partial charge in [0.15, 0.2) is 4.80 Å². The van der Waals surface area contributed by atoms with Crippen LogP contribution in [0.1, 0.15) is 16.2 Å². The molecule has 2 aromatic carbocycles. The van der Waals surface area contributed by atoms with Gasteiger partial charge >= 0.3 is 0 Å². The van der Waals surface area contributed by atoms with Crippen LogP contribution in [0.2, 0.25) is 0 Å². The van der Waals surface area contributed by atoms with E-state index in [0.29, 0.717) is 32.8 Å². The maximum Gasteiger partial charge on any atom is 0.279 e. The van der Waals surface area contributed by atoms with Crippen molar-refractivity contribution >= 4 is 28.1 Å². The van der Waals surface area contributed by atoms with Gasteiger partial charge < -0.3 is 4.57 Å². The predicted molar refractivity (Wildman–Crippen MR) is 105 cm³/mol. The van der Waals surface area contributed by atoms with E-state index in [9.17, 15) is 9.59 Å². The summed E-state index contributed by atoms with van der Waals surface area (Å²) in [6.07, 6.45) is 1.85. The summed E-state index contributed by atoms with van der Waals surface area (Å²) in [5.41, 5.74) is 1.67. The molecule has 2 heterocycles. The first kappa shape index (κ1) is 17.1. The average Bonchev–Trinajstić information content (AvgIpc) is 3.07. The second-order valence-electron chi connectivity index (χ2n) is 6.08. The van der Waals surface area contributed by atoms with Crippen molar-refractivity contribution in [3.05, 3.63) is 86.7 Å². The third-order valence-corrected chi connectivity index (χ3v) is 5.12.